The van der Waals surface area contributed by atoms with Gasteiger partial charge in [-0.3, -0.25) is 14.9 Å². The van der Waals surface area contributed by atoms with Gasteiger partial charge < -0.3 is 4.57 Å². The lowest BCUT2D eigenvalue weighted by atomic mass is 9.73. The van der Waals surface area contributed by atoms with Crippen LogP contribution in [0.3, 0.4) is 0 Å². The third kappa shape index (κ3) is 4.20. The second-order valence-electron chi connectivity index (χ2n) is 11.9. The molecule has 2 aliphatic heterocycles. The van der Waals surface area contributed by atoms with Crippen LogP contribution in [-0.2, 0) is 6.42 Å². The van der Waals surface area contributed by atoms with E-state index in [9.17, 15) is 0 Å². The second kappa shape index (κ2) is 9.31. The summed E-state index contributed by atoms with van der Waals surface area (Å²) in [6, 6.07) is 11.6. The van der Waals surface area contributed by atoms with Crippen LogP contribution in [0.1, 0.15) is 94.6 Å². The van der Waals surface area contributed by atoms with Crippen molar-refractivity contribution < 1.29 is 0 Å². The fourth-order valence-corrected chi connectivity index (χ4v) is 8.52. The van der Waals surface area contributed by atoms with Crippen molar-refractivity contribution in [3.8, 4) is 0 Å². The predicted octanol–water partition coefficient (Wildman–Crippen LogP) is 6.33. The Morgan fingerprint density at radius 2 is 1.51 bits per heavy atom. The summed E-state index contributed by atoms with van der Waals surface area (Å²) in [7, 11) is 0. The van der Waals surface area contributed by atoms with E-state index in [1.807, 2.05) is 6.20 Å². The monoisotopic (exact) mass is 469 g/mol. The lowest BCUT2D eigenvalue weighted by Crippen LogP contribution is -2.58. The minimum absolute atomic E-state index is 0.534. The van der Waals surface area contributed by atoms with Crippen LogP contribution < -0.4 is 0 Å². The predicted molar refractivity (Wildman–Crippen MR) is 139 cm³/mol. The fraction of sp³-hybridized carbons (Fsp3) is 0.633. The molecule has 0 spiro atoms. The minimum Gasteiger partial charge on any atom is -0.324 e. The molecule has 4 unspecified atom stereocenters. The van der Waals surface area contributed by atoms with Crippen molar-refractivity contribution in [2.24, 2.45) is 11.8 Å². The molecule has 35 heavy (non-hydrogen) atoms. The summed E-state index contributed by atoms with van der Waals surface area (Å²) < 4.78 is 2.60. The maximum Gasteiger partial charge on any atom is 0.116 e. The summed E-state index contributed by atoms with van der Waals surface area (Å²) in [5, 5.41) is 0. The number of hydrogen-bond donors (Lipinski definition) is 0. The molecule has 184 valence electrons. The number of imidazole rings is 1. The highest BCUT2D eigenvalue weighted by Crippen LogP contribution is 2.47. The van der Waals surface area contributed by atoms with Gasteiger partial charge in [-0.1, -0.05) is 44.2 Å². The normalized spacial score (nSPS) is 33.5. The molecule has 0 amide bonds. The molecular weight excluding hydrogens is 430 g/mol. The van der Waals surface area contributed by atoms with Crippen LogP contribution in [0.25, 0.3) is 11.0 Å². The fourth-order valence-electron chi connectivity index (χ4n) is 8.52. The average Bonchev–Trinajstić information content (AvgIpc) is 3.14. The van der Waals surface area contributed by atoms with Gasteiger partial charge in [0.15, 0.2) is 0 Å². The maximum absolute atomic E-state index is 5.12. The molecule has 2 aliphatic carbocycles. The van der Waals surface area contributed by atoms with E-state index in [1.54, 1.807) is 12.4 Å². The molecule has 2 saturated heterocycles. The quantitative estimate of drug-likeness (QED) is 0.448. The van der Waals surface area contributed by atoms with Gasteiger partial charge in [-0.15, -0.1) is 0 Å². The van der Waals surface area contributed by atoms with E-state index in [2.05, 4.69) is 43.7 Å². The Balaban J connectivity index is 1.19. The number of hydrogen-bond acceptors (Lipinski definition) is 4. The van der Waals surface area contributed by atoms with Crippen LogP contribution in [0.4, 0.5) is 0 Å². The summed E-state index contributed by atoms with van der Waals surface area (Å²) in [4.78, 5) is 17.1. The molecule has 4 heterocycles. The van der Waals surface area contributed by atoms with Crippen LogP contribution in [0.2, 0.25) is 0 Å². The standard InChI is InChI=1S/C30H39N5/c1-2-7-22-14-21(6-1)15-26(16-22)34-24-8-5-9-25(34)19-27(18-24)35-29-11-4-3-10-28(29)33-30(35)17-23-20-31-12-13-32-23/h3-4,10-13,20-22,24-27H,1-2,5-9,14-19H2. The molecule has 4 aliphatic rings. The molecule has 1 aromatic carbocycles. The zero-order chi connectivity index (χ0) is 23.2. The topological polar surface area (TPSA) is 46.8 Å². The number of nitrogens with zero attached hydrogens (tertiary/aromatic N) is 5. The Hall–Kier alpha value is -2.27. The third-order valence-corrected chi connectivity index (χ3v) is 9.77. The van der Waals surface area contributed by atoms with Gasteiger partial charge in [0.05, 0.1) is 16.7 Å². The molecule has 4 fully saturated rings. The van der Waals surface area contributed by atoms with Gasteiger partial charge in [0.25, 0.3) is 0 Å². The molecule has 2 saturated carbocycles. The number of rotatable bonds is 4. The van der Waals surface area contributed by atoms with Crippen molar-refractivity contribution in [3.05, 3.63) is 54.4 Å². The summed E-state index contributed by atoms with van der Waals surface area (Å²) in [6.07, 6.45) is 23.3. The van der Waals surface area contributed by atoms with Crippen LogP contribution in [-0.4, -0.2) is 42.5 Å². The first-order chi connectivity index (χ1) is 17.3. The van der Waals surface area contributed by atoms with Crippen molar-refractivity contribution in [2.45, 2.75) is 108 Å². The van der Waals surface area contributed by atoms with Gasteiger partial charge in [-0.25, -0.2) is 4.98 Å². The van der Waals surface area contributed by atoms with Crippen molar-refractivity contribution in [2.75, 3.05) is 0 Å². The minimum atomic E-state index is 0.534. The Morgan fingerprint density at radius 3 is 2.26 bits per heavy atom. The summed E-state index contributed by atoms with van der Waals surface area (Å²) in [5.74, 6) is 3.15. The van der Waals surface area contributed by atoms with Gasteiger partial charge >= 0.3 is 0 Å². The zero-order valence-electron chi connectivity index (χ0n) is 20.9. The Bertz CT molecular complexity index is 1130. The molecule has 0 N–H and O–H groups in total. The molecule has 5 heteroatoms. The first-order valence-corrected chi connectivity index (χ1v) is 14.3. The highest BCUT2D eigenvalue weighted by atomic mass is 15.3. The van der Waals surface area contributed by atoms with Gasteiger partial charge in [-0.2, -0.15) is 0 Å². The van der Waals surface area contributed by atoms with Crippen molar-refractivity contribution in [1.29, 1.82) is 0 Å². The highest BCUT2D eigenvalue weighted by molar-refractivity contribution is 5.76. The van der Waals surface area contributed by atoms with Crippen LogP contribution in [0.5, 0.6) is 0 Å². The van der Waals surface area contributed by atoms with Crippen molar-refractivity contribution in [1.82, 2.24) is 24.4 Å². The smallest absolute Gasteiger partial charge is 0.116 e. The highest BCUT2D eigenvalue weighted by Gasteiger charge is 2.45. The van der Waals surface area contributed by atoms with E-state index in [0.717, 1.165) is 53.4 Å². The number of para-hydroxylation sites is 2. The van der Waals surface area contributed by atoms with Gasteiger partial charge in [0.2, 0.25) is 0 Å². The largest absolute Gasteiger partial charge is 0.324 e. The van der Waals surface area contributed by atoms with Crippen LogP contribution in [0, 0.1) is 11.8 Å². The number of benzene rings is 1. The molecular formula is C30H39N5. The number of aromatic nitrogens is 4. The van der Waals surface area contributed by atoms with E-state index in [4.69, 9.17) is 4.98 Å². The molecule has 5 nitrogen and oxygen atoms in total. The number of piperidine rings is 2. The molecule has 0 radical (unpaired) electrons. The Morgan fingerprint density at radius 1 is 0.743 bits per heavy atom. The van der Waals surface area contributed by atoms with Gasteiger partial charge in [0, 0.05) is 49.2 Å². The lowest BCUT2D eigenvalue weighted by molar-refractivity contribution is -0.0419. The van der Waals surface area contributed by atoms with E-state index < -0.39 is 0 Å². The lowest BCUT2D eigenvalue weighted by Gasteiger charge is -2.54. The third-order valence-electron chi connectivity index (χ3n) is 9.77. The molecule has 3 aromatic rings. The summed E-state index contributed by atoms with van der Waals surface area (Å²) >= 11 is 0. The first kappa shape index (κ1) is 22.0. The molecule has 4 bridgehead atoms. The Labute approximate surface area is 209 Å². The SMILES string of the molecule is c1ccc2c(c1)nc(Cc1cnccn1)n2C1CC2CCCC(C1)N2C1CC2CCCCC(C2)C1. The molecule has 4 atom stereocenters. The maximum atomic E-state index is 5.12. The van der Waals surface area contributed by atoms with E-state index >= 15 is 0 Å². The zero-order valence-corrected chi connectivity index (χ0v) is 20.9. The van der Waals surface area contributed by atoms with Crippen LogP contribution in [0.15, 0.2) is 42.9 Å². The van der Waals surface area contributed by atoms with E-state index in [1.165, 1.54) is 82.6 Å². The average molecular weight is 470 g/mol. The number of fused-ring (bicyclic) bond motifs is 5. The van der Waals surface area contributed by atoms with Gasteiger partial charge in [0.1, 0.15) is 5.82 Å². The van der Waals surface area contributed by atoms with E-state index in [-0.39, 0.29) is 0 Å². The summed E-state index contributed by atoms with van der Waals surface area (Å²) in [6.45, 7) is 0. The second-order valence-corrected chi connectivity index (χ2v) is 11.9. The van der Waals surface area contributed by atoms with Crippen molar-refractivity contribution in [3.63, 3.8) is 0 Å². The molecule has 7 rings (SSSR count). The molecule has 2 aromatic heterocycles. The Kier molecular flexibility index (Phi) is 5.84. The summed E-state index contributed by atoms with van der Waals surface area (Å²) in [5.41, 5.74) is 3.42. The van der Waals surface area contributed by atoms with Crippen molar-refractivity contribution >= 4 is 11.0 Å². The van der Waals surface area contributed by atoms with Crippen LogP contribution >= 0.6 is 0 Å². The van der Waals surface area contributed by atoms with E-state index in [0.29, 0.717) is 6.04 Å². The van der Waals surface area contributed by atoms with Gasteiger partial charge in [-0.05, 0) is 68.9 Å². The first-order valence-electron chi connectivity index (χ1n) is 14.3.